The summed E-state index contributed by atoms with van der Waals surface area (Å²) in [5.41, 5.74) is 1.99. The molecule has 0 spiro atoms. The Morgan fingerprint density at radius 3 is 2.95 bits per heavy atom. The molecule has 1 unspecified atom stereocenters. The number of aliphatic hydroxyl groups is 1. The molecule has 0 saturated heterocycles. The van der Waals surface area contributed by atoms with E-state index in [2.05, 4.69) is 10.4 Å². The van der Waals surface area contributed by atoms with Crippen LogP contribution in [0.1, 0.15) is 34.6 Å². The number of hydrogen-bond acceptors (Lipinski definition) is 4. The van der Waals surface area contributed by atoms with Crippen molar-refractivity contribution in [1.82, 2.24) is 15.1 Å². The van der Waals surface area contributed by atoms with Crippen LogP contribution in [0.2, 0.25) is 0 Å². The number of aryl methyl sites for hydroxylation is 2. The zero-order valence-corrected chi connectivity index (χ0v) is 13.0. The van der Waals surface area contributed by atoms with Crippen LogP contribution in [-0.4, -0.2) is 34.4 Å². The summed E-state index contributed by atoms with van der Waals surface area (Å²) in [4.78, 5) is 12.2. The second-order valence-electron chi connectivity index (χ2n) is 5.02. The van der Waals surface area contributed by atoms with Gasteiger partial charge in [0.25, 0.3) is 5.91 Å². The van der Waals surface area contributed by atoms with Gasteiger partial charge >= 0.3 is 0 Å². The van der Waals surface area contributed by atoms with Gasteiger partial charge in [0.15, 0.2) is 0 Å². The average molecular weight is 303 g/mol. The molecule has 0 fully saturated rings. The Morgan fingerprint density at radius 2 is 2.27 bits per heavy atom. The van der Waals surface area contributed by atoms with Gasteiger partial charge in [-0.3, -0.25) is 9.48 Å². The summed E-state index contributed by atoms with van der Waals surface area (Å²) in [5.74, 6) is 0.440. The van der Waals surface area contributed by atoms with Gasteiger partial charge in [0.2, 0.25) is 0 Å². The predicted octanol–water partition coefficient (Wildman–Crippen LogP) is 1.45. The van der Waals surface area contributed by atoms with Crippen molar-refractivity contribution in [2.75, 3.05) is 13.7 Å². The number of rotatable bonds is 6. The number of ether oxygens (including phenoxy) is 1. The number of nitrogens with one attached hydrogen (secondary N) is 1. The fourth-order valence-corrected chi connectivity index (χ4v) is 2.24. The molecule has 1 amide bonds. The summed E-state index contributed by atoms with van der Waals surface area (Å²) in [6.45, 7) is 2.08. The van der Waals surface area contributed by atoms with E-state index in [9.17, 15) is 9.90 Å². The molecule has 0 aliphatic heterocycles. The zero-order valence-electron chi connectivity index (χ0n) is 13.0. The summed E-state index contributed by atoms with van der Waals surface area (Å²) < 4.78 is 6.74. The maximum atomic E-state index is 12.2. The second-order valence-corrected chi connectivity index (χ2v) is 5.02. The Hall–Kier alpha value is -2.34. The molecule has 0 radical (unpaired) electrons. The highest BCUT2D eigenvalue weighted by atomic mass is 16.5. The summed E-state index contributed by atoms with van der Waals surface area (Å²) in [5, 5.41) is 17.2. The third-order valence-electron chi connectivity index (χ3n) is 3.42. The van der Waals surface area contributed by atoms with Gasteiger partial charge in [-0.25, -0.2) is 0 Å². The van der Waals surface area contributed by atoms with Gasteiger partial charge in [0.1, 0.15) is 5.75 Å². The Bertz CT molecular complexity index is 652. The van der Waals surface area contributed by atoms with E-state index in [4.69, 9.17) is 4.74 Å². The lowest BCUT2D eigenvalue weighted by atomic mass is 10.1. The molecule has 2 N–H and O–H groups in total. The summed E-state index contributed by atoms with van der Waals surface area (Å²) >= 11 is 0. The molecule has 1 aromatic heterocycles. The number of carbonyl (C=O) groups excluding carboxylic acids is 1. The molecule has 1 heterocycles. The van der Waals surface area contributed by atoms with E-state index in [0.29, 0.717) is 23.3 Å². The van der Waals surface area contributed by atoms with Gasteiger partial charge in [-0.15, -0.1) is 0 Å². The van der Waals surface area contributed by atoms with E-state index < -0.39 is 6.10 Å². The van der Waals surface area contributed by atoms with Gasteiger partial charge in [0.05, 0.1) is 24.5 Å². The first-order chi connectivity index (χ1) is 10.5. The van der Waals surface area contributed by atoms with Crippen molar-refractivity contribution < 1.29 is 14.6 Å². The minimum atomic E-state index is -0.791. The van der Waals surface area contributed by atoms with Crippen LogP contribution in [0.15, 0.2) is 30.5 Å². The standard InChI is InChI=1S/C16H21N3O3/c1-4-14-13(10-19(2)18-14)16(21)17-9-15(20)11-6-5-7-12(8-11)22-3/h5-8,10,15,20H,4,9H2,1-3H3,(H,17,21). The van der Waals surface area contributed by atoms with Crippen molar-refractivity contribution in [3.8, 4) is 5.75 Å². The number of methoxy groups -OCH3 is 1. The highest BCUT2D eigenvalue weighted by molar-refractivity contribution is 5.95. The summed E-state index contributed by atoms with van der Waals surface area (Å²) in [6, 6.07) is 7.15. The van der Waals surface area contributed by atoms with Gasteiger partial charge in [-0.05, 0) is 24.1 Å². The first kappa shape index (κ1) is 16.0. The van der Waals surface area contributed by atoms with Gasteiger partial charge in [-0.2, -0.15) is 5.10 Å². The van der Waals surface area contributed by atoms with E-state index in [0.717, 1.165) is 5.69 Å². The van der Waals surface area contributed by atoms with E-state index >= 15 is 0 Å². The molecule has 2 rings (SSSR count). The molecule has 0 saturated carbocycles. The Morgan fingerprint density at radius 1 is 1.50 bits per heavy atom. The van der Waals surface area contributed by atoms with E-state index in [1.807, 2.05) is 6.92 Å². The molecule has 0 aliphatic carbocycles. The molecule has 6 heteroatoms. The second kappa shape index (κ2) is 7.09. The van der Waals surface area contributed by atoms with Crippen LogP contribution in [0.5, 0.6) is 5.75 Å². The minimum absolute atomic E-state index is 0.129. The molecule has 22 heavy (non-hydrogen) atoms. The predicted molar refractivity (Wildman–Crippen MR) is 82.9 cm³/mol. The lowest BCUT2D eigenvalue weighted by Gasteiger charge is -2.13. The van der Waals surface area contributed by atoms with E-state index in [-0.39, 0.29) is 12.5 Å². The molecule has 0 aliphatic rings. The lowest BCUT2D eigenvalue weighted by Crippen LogP contribution is -2.28. The van der Waals surface area contributed by atoms with Crippen molar-refractivity contribution in [3.63, 3.8) is 0 Å². The van der Waals surface area contributed by atoms with Crippen molar-refractivity contribution in [3.05, 3.63) is 47.3 Å². The van der Waals surface area contributed by atoms with Crippen LogP contribution in [0, 0.1) is 0 Å². The number of nitrogens with zero attached hydrogens (tertiary/aromatic N) is 2. The smallest absolute Gasteiger partial charge is 0.254 e. The van der Waals surface area contributed by atoms with Crippen molar-refractivity contribution in [1.29, 1.82) is 0 Å². The molecular formula is C16H21N3O3. The largest absolute Gasteiger partial charge is 0.497 e. The van der Waals surface area contributed by atoms with Gasteiger partial charge in [0, 0.05) is 19.8 Å². The van der Waals surface area contributed by atoms with Crippen LogP contribution in [-0.2, 0) is 13.5 Å². The Kier molecular flexibility index (Phi) is 5.16. The maximum absolute atomic E-state index is 12.2. The number of amides is 1. The Labute approximate surface area is 129 Å². The number of aromatic nitrogens is 2. The van der Waals surface area contributed by atoms with Crippen molar-refractivity contribution >= 4 is 5.91 Å². The SMILES string of the molecule is CCc1nn(C)cc1C(=O)NCC(O)c1cccc(OC)c1. The van der Waals surface area contributed by atoms with Crippen LogP contribution in [0.4, 0.5) is 0 Å². The van der Waals surface area contributed by atoms with Crippen LogP contribution >= 0.6 is 0 Å². The van der Waals surface area contributed by atoms with E-state index in [1.165, 1.54) is 0 Å². The summed E-state index contributed by atoms with van der Waals surface area (Å²) in [6.07, 6.45) is 1.58. The number of aliphatic hydroxyl groups excluding tert-OH is 1. The monoisotopic (exact) mass is 303 g/mol. The minimum Gasteiger partial charge on any atom is -0.497 e. The molecule has 118 valence electrons. The first-order valence-electron chi connectivity index (χ1n) is 7.17. The van der Waals surface area contributed by atoms with Crippen LogP contribution in [0.25, 0.3) is 0 Å². The zero-order chi connectivity index (χ0) is 16.1. The van der Waals surface area contributed by atoms with Gasteiger partial charge < -0.3 is 15.2 Å². The average Bonchev–Trinajstić information content (AvgIpc) is 2.93. The fraction of sp³-hybridized carbons (Fsp3) is 0.375. The quantitative estimate of drug-likeness (QED) is 0.847. The molecule has 1 atom stereocenters. The third-order valence-corrected chi connectivity index (χ3v) is 3.42. The number of carbonyl (C=O) groups is 1. The highest BCUT2D eigenvalue weighted by Gasteiger charge is 2.16. The van der Waals surface area contributed by atoms with Crippen molar-refractivity contribution in [2.45, 2.75) is 19.4 Å². The number of hydrogen-bond donors (Lipinski definition) is 2. The molecule has 2 aromatic rings. The topological polar surface area (TPSA) is 76.4 Å². The molecule has 0 bridgehead atoms. The van der Waals surface area contributed by atoms with Crippen molar-refractivity contribution in [2.24, 2.45) is 7.05 Å². The van der Waals surface area contributed by atoms with Crippen LogP contribution < -0.4 is 10.1 Å². The molecular weight excluding hydrogens is 282 g/mol. The first-order valence-corrected chi connectivity index (χ1v) is 7.17. The molecule has 6 nitrogen and oxygen atoms in total. The van der Waals surface area contributed by atoms with Crippen LogP contribution in [0.3, 0.4) is 0 Å². The third kappa shape index (κ3) is 3.65. The van der Waals surface area contributed by atoms with Gasteiger partial charge in [-0.1, -0.05) is 19.1 Å². The normalized spacial score (nSPS) is 12.0. The fourth-order valence-electron chi connectivity index (χ4n) is 2.24. The summed E-state index contributed by atoms with van der Waals surface area (Å²) in [7, 11) is 3.35. The van der Waals surface area contributed by atoms with E-state index in [1.54, 1.807) is 49.3 Å². The molecule has 1 aromatic carbocycles. The highest BCUT2D eigenvalue weighted by Crippen LogP contribution is 2.18. The number of benzene rings is 1. The lowest BCUT2D eigenvalue weighted by molar-refractivity contribution is 0.0915. The Balaban J connectivity index is 2.00. The maximum Gasteiger partial charge on any atom is 0.254 e.